The number of likely N-dealkylation sites (tertiary alicyclic amines) is 1. The Hall–Kier alpha value is -3.10. The Morgan fingerprint density at radius 1 is 1.26 bits per heavy atom. The van der Waals surface area contributed by atoms with Gasteiger partial charge in [0, 0.05) is 48.6 Å². The van der Waals surface area contributed by atoms with Crippen LogP contribution in [0.5, 0.6) is 0 Å². The lowest BCUT2D eigenvalue weighted by atomic mass is 9.94. The largest absolute Gasteiger partial charge is 0.396 e. The highest BCUT2D eigenvalue weighted by Crippen LogP contribution is 2.27. The van der Waals surface area contributed by atoms with E-state index >= 15 is 0 Å². The van der Waals surface area contributed by atoms with Crippen LogP contribution in [0.3, 0.4) is 0 Å². The fraction of sp³-hybridized carbons (Fsp3) is 0.348. The highest BCUT2D eigenvalue weighted by Gasteiger charge is 2.33. The van der Waals surface area contributed by atoms with E-state index in [0.29, 0.717) is 41.7 Å². The van der Waals surface area contributed by atoms with Crippen LogP contribution in [-0.4, -0.2) is 58.4 Å². The van der Waals surface area contributed by atoms with Crippen molar-refractivity contribution in [2.45, 2.75) is 19.9 Å². The third-order valence-electron chi connectivity index (χ3n) is 5.63. The normalized spacial score (nSPS) is 14.6. The van der Waals surface area contributed by atoms with Gasteiger partial charge in [0.15, 0.2) is 0 Å². The van der Waals surface area contributed by atoms with E-state index < -0.39 is 5.82 Å². The molecule has 0 bridgehead atoms. The lowest BCUT2D eigenvalue weighted by Crippen LogP contribution is -2.61. The SMILES string of the molecule is CC(C)(CO)CNC1CN(C(=O)c2cc(-c3n[nH]c(=O)c4ccccc34)ccc2F)C1. The Morgan fingerprint density at radius 2 is 1.97 bits per heavy atom. The minimum Gasteiger partial charge on any atom is -0.396 e. The fourth-order valence-electron chi connectivity index (χ4n) is 3.59. The summed E-state index contributed by atoms with van der Waals surface area (Å²) in [6.45, 7) is 5.56. The van der Waals surface area contributed by atoms with Crippen molar-refractivity contribution in [2.24, 2.45) is 5.41 Å². The third kappa shape index (κ3) is 4.22. The summed E-state index contributed by atoms with van der Waals surface area (Å²) < 4.78 is 14.5. The Morgan fingerprint density at radius 3 is 2.68 bits per heavy atom. The number of hydrogen-bond donors (Lipinski definition) is 3. The molecule has 7 nitrogen and oxygen atoms in total. The number of aliphatic hydroxyl groups excluding tert-OH is 1. The van der Waals surface area contributed by atoms with Gasteiger partial charge in [-0.05, 0) is 24.3 Å². The molecular formula is C23H25FN4O3. The van der Waals surface area contributed by atoms with Crippen LogP contribution >= 0.6 is 0 Å². The fourth-order valence-corrected chi connectivity index (χ4v) is 3.59. The molecule has 0 saturated carbocycles. The number of halogens is 1. The van der Waals surface area contributed by atoms with E-state index in [4.69, 9.17) is 0 Å². The Balaban J connectivity index is 1.54. The highest BCUT2D eigenvalue weighted by atomic mass is 19.1. The van der Waals surface area contributed by atoms with Crippen molar-refractivity contribution in [3.63, 3.8) is 0 Å². The van der Waals surface area contributed by atoms with Gasteiger partial charge in [-0.15, -0.1) is 0 Å². The molecule has 162 valence electrons. The van der Waals surface area contributed by atoms with Crippen LogP contribution in [0.2, 0.25) is 0 Å². The number of nitrogens with zero attached hydrogens (tertiary/aromatic N) is 2. The van der Waals surface area contributed by atoms with Gasteiger partial charge in [0.05, 0.1) is 16.6 Å². The van der Waals surface area contributed by atoms with Crippen molar-refractivity contribution in [1.82, 2.24) is 20.4 Å². The molecule has 1 aliphatic rings. The quantitative estimate of drug-likeness (QED) is 0.563. The van der Waals surface area contributed by atoms with Gasteiger partial charge in [0.25, 0.3) is 11.5 Å². The van der Waals surface area contributed by atoms with Gasteiger partial charge in [-0.3, -0.25) is 9.59 Å². The molecule has 0 radical (unpaired) electrons. The van der Waals surface area contributed by atoms with Gasteiger partial charge in [-0.2, -0.15) is 5.10 Å². The second kappa shape index (κ2) is 8.20. The number of amides is 1. The molecule has 8 heteroatoms. The van der Waals surface area contributed by atoms with E-state index in [1.807, 2.05) is 13.8 Å². The average Bonchev–Trinajstić information content (AvgIpc) is 2.73. The molecular weight excluding hydrogens is 399 g/mol. The van der Waals surface area contributed by atoms with E-state index in [9.17, 15) is 19.1 Å². The molecule has 1 fully saturated rings. The van der Waals surface area contributed by atoms with Crippen LogP contribution in [0.15, 0.2) is 47.3 Å². The number of benzene rings is 2. The van der Waals surface area contributed by atoms with Crippen molar-refractivity contribution in [2.75, 3.05) is 26.2 Å². The van der Waals surface area contributed by atoms with Crippen molar-refractivity contribution < 1.29 is 14.3 Å². The van der Waals surface area contributed by atoms with Crippen LogP contribution in [0.1, 0.15) is 24.2 Å². The number of aromatic nitrogens is 2. The van der Waals surface area contributed by atoms with Crippen molar-refractivity contribution in [1.29, 1.82) is 0 Å². The van der Waals surface area contributed by atoms with E-state index in [-0.39, 0.29) is 35.1 Å². The number of hydrogen-bond acceptors (Lipinski definition) is 5. The van der Waals surface area contributed by atoms with Crippen molar-refractivity contribution in [3.05, 3.63) is 64.2 Å². The first-order valence-electron chi connectivity index (χ1n) is 10.2. The van der Waals surface area contributed by atoms with Crippen molar-refractivity contribution >= 4 is 16.7 Å². The van der Waals surface area contributed by atoms with Crippen LogP contribution in [-0.2, 0) is 0 Å². The van der Waals surface area contributed by atoms with Crippen molar-refractivity contribution in [3.8, 4) is 11.3 Å². The molecule has 3 aromatic rings. The summed E-state index contributed by atoms with van der Waals surface area (Å²) in [5, 5.41) is 20.4. The van der Waals surface area contributed by atoms with Gasteiger partial charge in [0.1, 0.15) is 5.82 Å². The zero-order valence-electron chi connectivity index (χ0n) is 17.5. The predicted molar refractivity (Wildman–Crippen MR) is 116 cm³/mol. The number of aromatic amines is 1. The average molecular weight is 424 g/mol. The molecule has 1 saturated heterocycles. The maximum Gasteiger partial charge on any atom is 0.272 e. The second-order valence-corrected chi connectivity index (χ2v) is 8.75. The maximum absolute atomic E-state index is 14.5. The number of H-pyrrole nitrogens is 1. The molecule has 0 spiro atoms. The first kappa shape index (κ1) is 21.1. The summed E-state index contributed by atoms with van der Waals surface area (Å²) >= 11 is 0. The lowest BCUT2D eigenvalue weighted by Gasteiger charge is -2.41. The summed E-state index contributed by atoms with van der Waals surface area (Å²) in [6, 6.07) is 11.4. The third-order valence-corrected chi connectivity index (χ3v) is 5.63. The second-order valence-electron chi connectivity index (χ2n) is 8.75. The van der Waals surface area contributed by atoms with E-state index in [1.165, 1.54) is 12.1 Å². The number of carbonyl (C=O) groups excluding carboxylic acids is 1. The van der Waals surface area contributed by atoms with Gasteiger partial charge >= 0.3 is 0 Å². The van der Waals surface area contributed by atoms with Crippen LogP contribution in [0, 0.1) is 11.2 Å². The summed E-state index contributed by atoms with van der Waals surface area (Å²) in [6.07, 6.45) is 0. The van der Waals surface area contributed by atoms with E-state index in [1.54, 1.807) is 35.2 Å². The number of nitrogens with one attached hydrogen (secondary N) is 2. The zero-order valence-corrected chi connectivity index (χ0v) is 17.5. The molecule has 1 aliphatic heterocycles. The first-order valence-corrected chi connectivity index (χ1v) is 10.2. The topological polar surface area (TPSA) is 98.3 Å². The molecule has 1 amide bonds. The van der Waals surface area contributed by atoms with E-state index in [0.717, 1.165) is 0 Å². The number of carbonyl (C=O) groups is 1. The standard InChI is InChI=1S/C23H25FN4O3/c1-23(2,13-29)12-25-15-10-28(11-15)22(31)18-9-14(7-8-19(18)24)20-16-5-3-4-6-17(16)21(30)27-26-20/h3-9,15,25,29H,10-13H2,1-2H3,(H,27,30). The minimum atomic E-state index is -0.597. The molecule has 1 aromatic heterocycles. The van der Waals surface area contributed by atoms with Crippen LogP contribution < -0.4 is 10.9 Å². The summed E-state index contributed by atoms with van der Waals surface area (Å²) in [7, 11) is 0. The summed E-state index contributed by atoms with van der Waals surface area (Å²) in [4.78, 5) is 26.5. The molecule has 2 heterocycles. The Kier molecular flexibility index (Phi) is 5.60. The number of aliphatic hydroxyl groups is 1. The molecule has 3 N–H and O–H groups in total. The highest BCUT2D eigenvalue weighted by molar-refractivity contribution is 5.98. The minimum absolute atomic E-state index is 0.0243. The molecule has 0 atom stereocenters. The molecule has 4 rings (SSSR count). The number of rotatable bonds is 6. The number of fused-ring (bicyclic) bond motifs is 1. The smallest absolute Gasteiger partial charge is 0.272 e. The molecule has 2 aromatic carbocycles. The lowest BCUT2D eigenvalue weighted by molar-refractivity contribution is 0.0535. The first-order chi connectivity index (χ1) is 14.8. The Bertz CT molecular complexity index is 1180. The monoisotopic (exact) mass is 424 g/mol. The van der Waals surface area contributed by atoms with Gasteiger partial charge in [-0.25, -0.2) is 9.49 Å². The summed E-state index contributed by atoms with van der Waals surface area (Å²) in [5.41, 5.74) is 0.470. The maximum atomic E-state index is 14.5. The van der Waals surface area contributed by atoms with Crippen LogP contribution in [0.4, 0.5) is 4.39 Å². The van der Waals surface area contributed by atoms with E-state index in [2.05, 4.69) is 15.5 Å². The van der Waals surface area contributed by atoms with Gasteiger partial charge in [0.2, 0.25) is 0 Å². The molecule has 0 aliphatic carbocycles. The van der Waals surface area contributed by atoms with Gasteiger partial charge in [-0.1, -0.05) is 32.0 Å². The predicted octanol–water partition coefficient (Wildman–Crippen LogP) is 2.16. The van der Waals surface area contributed by atoms with Gasteiger partial charge < -0.3 is 15.3 Å². The Labute approximate surface area is 178 Å². The zero-order chi connectivity index (χ0) is 22.2. The van der Waals surface area contributed by atoms with Crippen LogP contribution in [0.25, 0.3) is 22.0 Å². The molecule has 0 unspecified atom stereocenters. The molecule has 31 heavy (non-hydrogen) atoms. The summed E-state index contributed by atoms with van der Waals surface area (Å²) in [5.74, 6) is -0.979.